The molecule has 1 atom stereocenters. The number of nitrogens with one attached hydrogen (secondary N) is 3. The van der Waals surface area contributed by atoms with E-state index in [2.05, 4.69) is 15.4 Å². The summed E-state index contributed by atoms with van der Waals surface area (Å²) in [6.07, 6.45) is 2.81. The number of sulfonamides is 1. The molecule has 10 heteroatoms. The van der Waals surface area contributed by atoms with E-state index in [1.807, 2.05) is 6.92 Å². The van der Waals surface area contributed by atoms with Gasteiger partial charge < -0.3 is 10.1 Å². The van der Waals surface area contributed by atoms with E-state index in [-0.39, 0.29) is 40.5 Å². The van der Waals surface area contributed by atoms with Gasteiger partial charge >= 0.3 is 0 Å². The molecule has 0 aromatic heterocycles. The molecule has 1 saturated heterocycles. The third kappa shape index (κ3) is 4.69. The first kappa shape index (κ1) is 23.9. The Morgan fingerprint density at radius 1 is 1.15 bits per heavy atom. The molecule has 1 heterocycles. The molecule has 0 radical (unpaired) electrons. The fraction of sp³-hybridized carbons (Fsp3) is 0.375. The fourth-order valence-corrected chi connectivity index (χ4v) is 5.65. The SMILES string of the molecule is CCC1(c2ccc(NC(=O)c3ccc(OC)c(S(=O)(=O)NC4CC4)c3)cc2)CCC(=O)NC1=O. The Morgan fingerprint density at radius 2 is 1.85 bits per heavy atom. The van der Waals surface area contributed by atoms with Gasteiger partial charge in [-0.3, -0.25) is 19.7 Å². The second-order valence-electron chi connectivity index (χ2n) is 8.61. The zero-order chi connectivity index (χ0) is 24.5. The summed E-state index contributed by atoms with van der Waals surface area (Å²) in [6.45, 7) is 1.90. The Morgan fingerprint density at radius 3 is 2.44 bits per heavy atom. The Kier molecular flexibility index (Phi) is 6.46. The predicted molar refractivity (Wildman–Crippen MR) is 125 cm³/mol. The van der Waals surface area contributed by atoms with E-state index in [9.17, 15) is 22.8 Å². The molecule has 9 nitrogen and oxygen atoms in total. The van der Waals surface area contributed by atoms with Crippen molar-refractivity contribution in [2.45, 2.75) is 55.4 Å². The lowest BCUT2D eigenvalue weighted by Gasteiger charge is -2.35. The smallest absolute Gasteiger partial charge is 0.255 e. The Labute approximate surface area is 198 Å². The number of carbonyl (C=O) groups excluding carboxylic acids is 3. The molecular formula is C24H27N3O6S. The van der Waals surface area contributed by atoms with Gasteiger partial charge in [0.05, 0.1) is 12.5 Å². The van der Waals surface area contributed by atoms with E-state index in [0.29, 0.717) is 18.5 Å². The van der Waals surface area contributed by atoms with E-state index < -0.39 is 21.3 Å². The van der Waals surface area contributed by atoms with Crippen molar-refractivity contribution < 1.29 is 27.5 Å². The first-order chi connectivity index (χ1) is 16.2. The van der Waals surface area contributed by atoms with Crippen LogP contribution in [0, 0.1) is 0 Å². The molecule has 180 valence electrons. The molecule has 1 aliphatic heterocycles. The maximum atomic E-state index is 12.9. The average molecular weight is 486 g/mol. The zero-order valence-electron chi connectivity index (χ0n) is 19.0. The summed E-state index contributed by atoms with van der Waals surface area (Å²) in [7, 11) is -2.45. The molecule has 2 aliphatic rings. The monoisotopic (exact) mass is 485 g/mol. The second-order valence-corrected chi connectivity index (χ2v) is 10.3. The van der Waals surface area contributed by atoms with Crippen molar-refractivity contribution in [2.75, 3.05) is 12.4 Å². The molecule has 1 saturated carbocycles. The van der Waals surface area contributed by atoms with Crippen molar-refractivity contribution in [3.8, 4) is 5.75 Å². The maximum Gasteiger partial charge on any atom is 0.255 e. The van der Waals surface area contributed by atoms with Gasteiger partial charge in [0.25, 0.3) is 5.91 Å². The molecule has 3 N–H and O–H groups in total. The van der Waals surface area contributed by atoms with Gasteiger partial charge in [0.15, 0.2) is 0 Å². The standard InChI is InChI=1S/C24H27N3O6S/c1-3-24(13-12-21(28)26-23(24)30)16-5-7-17(8-6-16)25-22(29)15-4-11-19(33-2)20(14-15)34(31,32)27-18-9-10-18/h4-8,11,14,18,27H,3,9-10,12-13H2,1-2H3,(H,25,29)(H,26,28,30). The van der Waals surface area contributed by atoms with Gasteiger partial charge in [-0.15, -0.1) is 0 Å². The summed E-state index contributed by atoms with van der Waals surface area (Å²) >= 11 is 0. The lowest BCUT2D eigenvalue weighted by molar-refractivity contribution is -0.138. The summed E-state index contributed by atoms with van der Waals surface area (Å²) < 4.78 is 33.2. The van der Waals surface area contributed by atoms with E-state index in [1.54, 1.807) is 24.3 Å². The quantitative estimate of drug-likeness (QED) is 0.493. The molecule has 34 heavy (non-hydrogen) atoms. The highest BCUT2D eigenvalue weighted by Gasteiger charge is 2.42. The van der Waals surface area contributed by atoms with E-state index >= 15 is 0 Å². The van der Waals surface area contributed by atoms with Gasteiger partial charge in [-0.05, 0) is 61.6 Å². The van der Waals surface area contributed by atoms with Gasteiger partial charge in [0.1, 0.15) is 10.6 Å². The van der Waals surface area contributed by atoms with Crippen LogP contribution in [-0.2, 0) is 25.0 Å². The molecule has 1 unspecified atom stereocenters. The third-order valence-electron chi connectivity index (χ3n) is 6.38. The Hall–Kier alpha value is -3.24. The molecular weight excluding hydrogens is 458 g/mol. The average Bonchev–Trinajstić information content (AvgIpc) is 3.63. The summed E-state index contributed by atoms with van der Waals surface area (Å²) in [5.41, 5.74) is 0.631. The van der Waals surface area contributed by atoms with E-state index in [1.165, 1.54) is 25.3 Å². The van der Waals surface area contributed by atoms with Gasteiger partial charge in [-0.25, -0.2) is 13.1 Å². The van der Waals surface area contributed by atoms with Crippen LogP contribution in [0.5, 0.6) is 5.75 Å². The number of ether oxygens (including phenoxy) is 1. The number of carbonyl (C=O) groups is 3. The third-order valence-corrected chi connectivity index (χ3v) is 7.92. The number of anilines is 1. The normalized spacial score (nSPS) is 20.5. The summed E-state index contributed by atoms with van der Waals surface area (Å²) in [4.78, 5) is 36.9. The zero-order valence-corrected chi connectivity index (χ0v) is 19.8. The number of amides is 3. The van der Waals surface area contributed by atoms with E-state index in [0.717, 1.165) is 18.4 Å². The maximum absolute atomic E-state index is 12.9. The van der Waals surface area contributed by atoms with Crippen molar-refractivity contribution in [2.24, 2.45) is 0 Å². The lowest BCUT2D eigenvalue weighted by atomic mass is 9.72. The van der Waals surface area contributed by atoms with Crippen LogP contribution >= 0.6 is 0 Å². The number of rotatable bonds is 8. The van der Waals surface area contributed by atoms with Crippen molar-refractivity contribution in [1.29, 1.82) is 0 Å². The molecule has 2 aromatic rings. The fourth-order valence-electron chi connectivity index (χ4n) is 4.15. The highest BCUT2D eigenvalue weighted by Crippen LogP contribution is 2.36. The summed E-state index contributed by atoms with van der Waals surface area (Å²) in [5.74, 6) is -0.909. The minimum atomic E-state index is -3.82. The molecule has 2 fully saturated rings. The molecule has 3 amide bonds. The van der Waals surface area contributed by atoms with Crippen LogP contribution in [0.15, 0.2) is 47.4 Å². The first-order valence-corrected chi connectivity index (χ1v) is 12.6. The van der Waals surface area contributed by atoms with Gasteiger partial charge in [-0.2, -0.15) is 0 Å². The van der Waals surface area contributed by atoms with Crippen molar-refractivity contribution in [1.82, 2.24) is 10.0 Å². The number of benzene rings is 2. The number of piperidine rings is 1. The number of imide groups is 1. The van der Waals surface area contributed by atoms with Crippen LogP contribution < -0.4 is 20.1 Å². The molecule has 4 rings (SSSR count). The highest BCUT2D eigenvalue weighted by molar-refractivity contribution is 7.89. The first-order valence-electron chi connectivity index (χ1n) is 11.1. The van der Waals surface area contributed by atoms with Gasteiger partial charge in [0.2, 0.25) is 21.8 Å². The van der Waals surface area contributed by atoms with Gasteiger partial charge in [-0.1, -0.05) is 19.1 Å². The molecule has 0 bridgehead atoms. The van der Waals surface area contributed by atoms with Crippen LogP contribution in [0.1, 0.15) is 54.9 Å². The molecule has 1 aliphatic carbocycles. The van der Waals surface area contributed by atoms with Crippen molar-refractivity contribution in [3.05, 3.63) is 53.6 Å². The number of methoxy groups -OCH3 is 1. The minimum absolute atomic E-state index is 0.0820. The number of hydrogen-bond donors (Lipinski definition) is 3. The Bertz CT molecular complexity index is 1240. The Balaban J connectivity index is 1.53. The molecule has 2 aromatic carbocycles. The summed E-state index contributed by atoms with van der Waals surface area (Å²) in [6, 6.07) is 11.1. The second kappa shape index (κ2) is 9.19. The largest absolute Gasteiger partial charge is 0.495 e. The van der Waals surface area contributed by atoms with Crippen molar-refractivity contribution in [3.63, 3.8) is 0 Å². The topological polar surface area (TPSA) is 131 Å². The predicted octanol–water partition coefficient (Wildman–Crippen LogP) is 2.47. The summed E-state index contributed by atoms with van der Waals surface area (Å²) in [5, 5.41) is 5.17. The van der Waals surface area contributed by atoms with Crippen molar-refractivity contribution >= 4 is 33.4 Å². The van der Waals surface area contributed by atoms with Crippen LogP contribution in [-0.4, -0.2) is 39.3 Å². The van der Waals surface area contributed by atoms with Crippen LogP contribution in [0.25, 0.3) is 0 Å². The van der Waals surface area contributed by atoms with Crippen LogP contribution in [0.4, 0.5) is 5.69 Å². The minimum Gasteiger partial charge on any atom is -0.495 e. The number of hydrogen-bond acceptors (Lipinski definition) is 6. The van der Waals surface area contributed by atoms with Gasteiger partial charge in [0, 0.05) is 23.7 Å². The molecule has 0 spiro atoms. The highest BCUT2D eigenvalue weighted by atomic mass is 32.2. The lowest BCUT2D eigenvalue weighted by Crippen LogP contribution is -2.51. The van der Waals surface area contributed by atoms with E-state index in [4.69, 9.17) is 4.74 Å². The van der Waals surface area contributed by atoms with Crippen LogP contribution in [0.3, 0.4) is 0 Å². The van der Waals surface area contributed by atoms with Crippen LogP contribution in [0.2, 0.25) is 0 Å².